The van der Waals surface area contributed by atoms with E-state index >= 15 is 0 Å². The summed E-state index contributed by atoms with van der Waals surface area (Å²) in [4.78, 5) is 19.5. The third-order valence-corrected chi connectivity index (χ3v) is 6.96. The highest BCUT2D eigenvalue weighted by Crippen LogP contribution is 2.25. The first-order valence-electron chi connectivity index (χ1n) is 8.79. The van der Waals surface area contributed by atoms with Gasteiger partial charge in [-0.05, 0) is 36.3 Å². The van der Waals surface area contributed by atoms with Gasteiger partial charge in [-0.2, -0.15) is 0 Å². The van der Waals surface area contributed by atoms with Crippen LogP contribution in [-0.4, -0.2) is 42.3 Å². The number of thiazole rings is 1. The number of aromatic nitrogens is 1. The molecular weight excluding hydrogens is 432 g/mol. The molecule has 1 amide bonds. The minimum Gasteiger partial charge on any atom is -0.330 e. The van der Waals surface area contributed by atoms with Crippen LogP contribution in [0.4, 0.5) is 5.13 Å². The molecule has 0 fully saturated rings. The quantitative estimate of drug-likeness (QED) is 0.775. The number of aryl methyl sites for hydroxylation is 1. The Balaban J connectivity index is 1.43. The van der Waals surface area contributed by atoms with Crippen LogP contribution in [0.3, 0.4) is 0 Å². The molecule has 0 spiro atoms. The zero-order valence-corrected chi connectivity index (χ0v) is 17.8. The fourth-order valence-corrected chi connectivity index (χ4v) is 4.91. The number of halogens is 1. The summed E-state index contributed by atoms with van der Waals surface area (Å²) in [6.45, 7) is 2.22. The predicted octanol–water partition coefficient (Wildman–Crippen LogP) is 3.13. The number of amides is 1. The van der Waals surface area contributed by atoms with Crippen LogP contribution in [-0.2, 0) is 21.2 Å². The highest BCUT2D eigenvalue weighted by Gasteiger charge is 2.25. The van der Waals surface area contributed by atoms with Crippen molar-refractivity contribution in [2.75, 3.05) is 17.6 Å². The Morgan fingerprint density at radius 2 is 2.17 bits per heavy atom. The van der Waals surface area contributed by atoms with Crippen molar-refractivity contribution >= 4 is 49.8 Å². The van der Waals surface area contributed by atoms with Gasteiger partial charge in [0.2, 0.25) is 0 Å². The lowest BCUT2D eigenvalue weighted by Crippen LogP contribution is -2.37. The summed E-state index contributed by atoms with van der Waals surface area (Å²) in [6.07, 6.45) is 7.09. The van der Waals surface area contributed by atoms with Crippen LogP contribution in [0, 0.1) is 6.92 Å². The Kier molecular flexibility index (Phi) is 5.28. The molecule has 0 saturated carbocycles. The van der Waals surface area contributed by atoms with Gasteiger partial charge < -0.3 is 4.90 Å². The molecule has 1 aromatic carbocycles. The van der Waals surface area contributed by atoms with Crippen molar-refractivity contribution < 1.29 is 13.2 Å². The molecule has 0 aliphatic carbocycles. The minimum absolute atomic E-state index is 0.0748. The van der Waals surface area contributed by atoms with Crippen molar-refractivity contribution in [3.8, 4) is 0 Å². The second-order valence-electron chi connectivity index (χ2n) is 6.69. The Bertz CT molecular complexity index is 1180. The van der Waals surface area contributed by atoms with E-state index in [1.54, 1.807) is 23.4 Å². The van der Waals surface area contributed by atoms with Gasteiger partial charge in [-0.15, -0.1) is 15.7 Å². The van der Waals surface area contributed by atoms with Crippen molar-refractivity contribution in [3.63, 3.8) is 0 Å². The lowest BCUT2D eigenvalue weighted by molar-refractivity contribution is -0.112. The number of sulfonamides is 1. The average molecular weight is 449 g/mol. The topological polar surface area (TPSA) is 91.7 Å². The van der Waals surface area contributed by atoms with Crippen LogP contribution in [0.25, 0.3) is 0 Å². The first-order valence-corrected chi connectivity index (χ1v) is 11.6. The number of anilines is 1. The van der Waals surface area contributed by atoms with Gasteiger partial charge in [-0.1, -0.05) is 23.7 Å². The highest BCUT2D eigenvalue weighted by molar-refractivity contribution is 7.90. The smallest absolute Gasteiger partial charge is 0.258 e. The van der Waals surface area contributed by atoms with Crippen LogP contribution in [0.5, 0.6) is 0 Å². The molecule has 7 nitrogen and oxygen atoms in total. The number of nitrogens with zero attached hydrogens (tertiary/aromatic N) is 3. The number of hydrogen-bond donors (Lipinski definition) is 1. The third-order valence-electron chi connectivity index (χ3n) is 4.47. The molecule has 2 aliphatic rings. The first-order chi connectivity index (χ1) is 13.8. The third kappa shape index (κ3) is 4.58. The zero-order chi connectivity index (χ0) is 20.6. The minimum atomic E-state index is -3.42. The number of carbonyl (C=O) groups is 1. The van der Waals surface area contributed by atoms with E-state index in [-0.39, 0.29) is 18.2 Å². The van der Waals surface area contributed by atoms with Gasteiger partial charge in [0.25, 0.3) is 15.9 Å². The van der Waals surface area contributed by atoms with Crippen molar-refractivity contribution in [1.29, 1.82) is 0 Å². The van der Waals surface area contributed by atoms with E-state index in [0.29, 0.717) is 23.0 Å². The molecule has 0 atom stereocenters. The average Bonchev–Trinajstić information content (AvgIpc) is 3.10. The second kappa shape index (κ2) is 7.74. The van der Waals surface area contributed by atoms with E-state index in [1.165, 1.54) is 17.4 Å². The lowest BCUT2D eigenvalue weighted by atomic mass is 10.1. The number of hydrogen-bond acceptors (Lipinski definition) is 6. The lowest BCUT2D eigenvalue weighted by Gasteiger charge is -2.26. The maximum Gasteiger partial charge on any atom is 0.258 e. The number of nitrogens with one attached hydrogen (secondary N) is 1. The van der Waals surface area contributed by atoms with E-state index in [9.17, 15) is 13.2 Å². The van der Waals surface area contributed by atoms with Gasteiger partial charge in [0, 0.05) is 35.3 Å². The Labute approximate surface area is 177 Å². The van der Waals surface area contributed by atoms with E-state index < -0.39 is 10.0 Å². The molecule has 4 rings (SSSR count). The molecule has 0 unspecified atom stereocenters. The SMILES string of the molecule is Cc1ccc(Cc2cnc(NC(=O)C3=CN4CCS(=O)(=O)N=C4C=C3)s2)cc1Cl. The maximum absolute atomic E-state index is 12.6. The monoisotopic (exact) mass is 448 g/mol. The van der Waals surface area contributed by atoms with Gasteiger partial charge >= 0.3 is 0 Å². The van der Waals surface area contributed by atoms with Crippen LogP contribution in [0.2, 0.25) is 5.02 Å². The standard InChI is InChI=1S/C19H17ClN4O3S2/c1-12-2-3-13(9-16(12)20)8-15-10-21-19(28-15)22-18(25)14-4-5-17-23-29(26,27)7-6-24(17)11-14/h2-5,9-11H,6-8H2,1H3,(H,21,22,25). The molecule has 150 valence electrons. The summed E-state index contributed by atoms with van der Waals surface area (Å²) in [5.41, 5.74) is 2.51. The predicted molar refractivity (Wildman–Crippen MR) is 115 cm³/mol. The first kappa shape index (κ1) is 19.8. The molecule has 1 N–H and O–H groups in total. The number of amidine groups is 1. The van der Waals surface area contributed by atoms with Crippen LogP contribution >= 0.6 is 22.9 Å². The van der Waals surface area contributed by atoms with Gasteiger partial charge in [0.05, 0.1) is 11.3 Å². The van der Waals surface area contributed by atoms with Gasteiger partial charge in [-0.25, -0.2) is 13.4 Å². The Morgan fingerprint density at radius 1 is 1.34 bits per heavy atom. The van der Waals surface area contributed by atoms with E-state index in [0.717, 1.165) is 21.0 Å². The van der Waals surface area contributed by atoms with Crippen LogP contribution in [0.1, 0.15) is 16.0 Å². The van der Waals surface area contributed by atoms with Gasteiger partial charge in [0.15, 0.2) is 5.13 Å². The van der Waals surface area contributed by atoms with Crippen LogP contribution in [0.15, 0.2) is 52.7 Å². The maximum atomic E-state index is 12.6. The molecule has 2 aliphatic heterocycles. The molecule has 1 aromatic heterocycles. The highest BCUT2D eigenvalue weighted by atomic mass is 35.5. The summed E-state index contributed by atoms with van der Waals surface area (Å²) in [7, 11) is -3.42. The van der Waals surface area contributed by atoms with E-state index in [1.807, 2.05) is 25.1 Å². The fourth-order valence-electron chi connectivity index (χ4n) is 2.90. The van der Waals surface area contributed by atoms with E-state index in [2.05, 4.69) is 14.7 Å². The normalized spacial score (nSPS) is 17.4. The molecule has 10 heteroatoms. The molecule has 29 heavy (non-hydrogen) atoms. The molecular formula is C19H17ClN4O3S2. The van der Waals surface area contributed by atoms with E-state index in [4.69, 9.17) is 11.6 Å². The Morgan fingerprint density at radius 3 is 2.97 bits per heavy atom. The Hall–Kier alpha value is -2.49. The molecule has 0 bridgehead atoms. The van der Waals surface area contributed by atoms with Crippen molar-refractivity contribution in [1.82, 2.24) is 9.88 Å². The summed E-state index contributed by atoms with van der Waals surface area (Å²) in [5, 5.41) is 4.01. The second-order valence-corrected chi connectivity index (χ2v) is 9.97. The van der Waals surface area contributed by atoms with Crippen molar-refractivity contribution in [2.45, 2.75) is 13.3 Å². The fraction of sp³-hybridized carbons (Fsp3) is 0.211. The largest absolute Gasteiger partial charge is 0.330 e. The molecule has 0 radical (unpaired) electrons. The molecule has 0 saturated heterocycles. The summed E-state index contributed by atoms with van der Waals surface area (Å²) >= 11 is 7.58. The van der Waals surface area contributed by atoms with Gasteiger partial charge in [-0.3, -0.25) is 10.1 Å². The number of carbonyl (C=O) groups excluding carboxylic acids is 1. The summed E-state index contributed by atoms with van der Waals surface area (Å²) in [6, 6.07) is 5.94. The molecule has 2 aromatic rings. The summed E-state index contributed by atoms with van der Waals surface area (Å²) in [5.74, 6) is -0.0664. The number of fused-ring (bicyclic) bond motifs is 1. The summed E-state index contributed by atoms with van der Waals surface area (Å²) < 4.78 is 26.8. The molecule has 3 heterocycles. The number of rotatable bonds is 4. The van der Waals surface area contributed by atoms with Crippen molar-refractivity contribution in [2.24, 2.45) is 4.40 Å². The van der Waals surface area contributed by atoms with Gasteiger partial charge in [0.1, 0.15) is 5.84 Å². The number of benzene rings is 1. The zero-order valence-electron chi connectivity index (χ0n) is 15.4. The van der Waals surface area contributed by atoms with Crippen LogP contribution < -0.4 is 5.32 Å². The van der Waals surface area contributed by atoms with Crippen molar-refractivity contribution in [3.05, 3.63) is 69.3 Å².